The van der Waals surface area contributed by atoms with E-state index in [9.17, 15) is 4.79 Å². The highest BCUT2D eigenvalue weighted by atomic mass is 32.1. The van der Waals surface area contributed by atoms with Gasteiger partial charge in [-0.25, -0.2) is 0 Å². The van der Waals surface area contributed by atoms with E-state index in [1.165, 1.54) is 17.8 Å². The second-order valence-electron chi connectivity index (χ2n) is 4.45. The molecule has 0 aromatic carbocycles. The van der Waals surface area contributed by atoms with Crippen molar-refractivity contribution in [2.24, 2.45) is 0 Å². The number of carbonyl (C=O) groups is 1. The molecule has 16 heavy (non-hydrogen) atoms. The van der Waals surface area contributed by atoms with Crippen LogP contribution in [0, 0.1) is 0 Å². The molecule has 3 nitrogen and oxygen atoms in total. The summed E-state index contributed by atoms with van der Waals surface area (Å²) >= 11 is 1.52. The lowest BCUT2D eigenvalue weighted by Gasteiger charge is -2.35. The van der Waals surface area contributed by atoms with Gasteiger partial charge in [0.1, 0.15) is 0 Å². The molecular formula is C12H18N2OS. The number of hydrogen-bond acceptors (Lipinski definition) is 3. The molecule has 1 unspecified atom stereocenters. The molecule has 0 spiro atoms. The van der Waals surface area contributed by atoms with Crippen LogP contribution >= 0.6 is 11.3 Å². The van der Waals surface area contributed by atoms with Gasteiger partial charge in [-0.1, -0.05) is 6.07 Å². The van der Waals surface area contributed by atoms with E-state index < -0.39 is 0 Å². The van der Waals surface area contributed by atoms with Gasteiger partial charge in [-0.3, -0.25) is 4.79 Å². The maximum Gasteiger partial charge on any atom is 0.263 e. The van der Waals surface area contributed by atoms with Crippen molar-refractivity contribution in [3.8, 4) is 0 Å². The van der Waals surface area contributed by atoms with E-state index in [0.717, 1.165) is 24.4 Å². The maximum absolute atomic E-state index is 12.1. The first-order valence-corrected chi connectivity index (χ1v) is 6.55. The molecule has 1 atom stereocenters. The number of likely N-dealkylation sites (N-methyl/N-ethyl adjacent to an activating group) is 2. The van der Waals surface area contributed by atoms with Crippen LogP contribution in [0.3, 0.4) is 0 Å². The van der Waals surface area contributed by atoms with Crippen molar-refractivity contribution < 1.29 is 4.79 Å². The second kappa shape index (κ2) is 4.97. The highest BCUT2D eigenvalue weighted by molar-refractivity contribution is 7.12. The number of nitrogens with zero attached hydrogens (tertiary/aromatic N) is 2. The first-order chi connectivity index (χ1) is 7.68. The van der Waals surface area contributed by atoms with Crippen molar-refractivity contribution in [3.05, 3.63) is 22.4 Å². The number of thiophene rings is 1. The van der Waals surface area contributed by atoms with Gasteiger partial charge >= 0.3 is 0 Å². The topological polar surface area (TPSA) is 23.6 Å². The Balaban J connectivity index is 2.01. The number of likely N-dealkylation sites (tertiary alicyclic amines) is 1. The largest absolute Gasteiger partial charge is 0.337 e. The van der Waals surface area contributed by atoms with Crippen molar-refractivity contribution in [2.45, 2.75) is 18.9 Å². The predicted octanol–water partition coefficient (Wildman–Crippen LogP) is 1.91. The van der Waals surface area contributed by atoms with Gasteiger partial charge in [-0.05, 0) is 37.9 Å². The van der Waals surface area contributed by atoms with Gasteiger partial charge in [0.05, 0.1) is 4.88 Å². The minimum absolute atomic E-state index is 0.162. The van der Waals surface area contributed by atoms with E-state index >= 15 is 0 Å². The van der Waals surface area contributed by atoms with Gasteiger partial charge in [-0.15, -0.1) is 11.3 Å². The van der Waals surface area contributed by atoms with Crippen LogP contribution in [0.15, 0.2) is 17.5 Å². The van der Waals surface area contributed by atoms with Crippen molar-refractivity contribution >= 4 is 17.2 Å². The molecule has 1 aromatic heterocycles. The average Bonchev–Trinajstić information content (AvgIpc) is 2.80. The molecule has 1 amide bonds. The highest BCUT2D eigenvalue weighted by Crippen LogP contribution is 2.18. The third kappa shape index (κ3) is 2.44. The van der Waals surface area contributed by atoms with E-state index in [2.05, 4.69) is 11.9 Å². The number of rotatable bonds is 2. The zero-order valence-corrected chi connectivity index (χ0v) is 10.7. The molecule has 1 aromatic rings. The Morgan fingerprint density at radius 1 is 1.62 bits per heavy atom. The van der Waals surface area contributed by atoms with E-state index in [4.69, 9.17) is 0 Å². The Morgan fingerprint density at radius 3 is 3.06 bits per heavy atom. The van der Waals surface area contributed by atoms with Crippen LogP contribution in [-0.2, 0) is 0 Å². The SMILES string of the molecule is CN1CCCC(N(C)C(=O)c2cccs2)C1. The summed E-state index contributed by atoms with van der Waals surface area (Å²) in [4.78, 5) is 17.2. The molecule has 0 saturated carbocycles. The lowest BCUT2D eigenvalue weighted by Crippen LogP contribution is -2.47. The summed E-state index contributed by atoms with van der Waals surface area (Å²) in [5.41, 5.74) is 0. The highest BCUT2D eigenvalue weighted by Gasteiger charge is 2.25. The van der Waals surface area contributed by atoms with Gasteiger partial charge in [0.2, 0.25) is 0 Å². The Morgan fingerprint density at radius 2 is 2.44 bits per heavy atom. The van der Waals surface area contributed by atoms with E-state index in [1.54, 1.807) is 0 Å². The molecule has 0 N–H and O–H groups in total. The molecule has 1 aliphatic heterocycles. The van der Waals surface area contributed by atoms with E-state index in [-0.39, 0.29) is 5.91 Å². The fourth-order valence-electron chi connectivity index (χ4n) is 2.20. The quantitative estimate of drug-likeness (QED) is 0.786. The summed E-state index contributed by atoms with van der Waals surface area (Å²) in [5.74, 6) is 0.162. The van der Waals surface area contributed by atoms with Crippen LogP contribution in [-0.4, -0.2) is 48.9 Å². The zero-order valence-electron chi connectivity index (χ0n) is 9.85. The summed E-state index contributed by atoms with van der Waals surface area (Å²) in [7, 11) is 4.04. The van der Waals surface area contributed by atoms with Gasteiger partial charge in [-0.2, -0.15) is 0 Å². The number of piperidine rings is 1. The summed E-state index contributed by atoms with van der Waals surface area (Å²) in [6.07, 6.45) is 2.31. The number of amides is 1. The van der Waals surface area contributed by atoms with Crippen LogP contribution in [0.1, 0.15) is 22.5 Å². The van der Waals surface area contributed by atoms with Crippen LogP contribution in [0.25, 0.3) is 0 Å². The second-order valence-corrected chi connectivity index (χ2v) is 5.40. The number of hydrogen-bond donors (Lipinski definition) is 0. The molecule has 4 heteroatoms. The Hall–Kier alpha value is -0.870. The van der Waals surface area contributed by atoms with Crippen molar-refractivity contribution in [3.63, 3.8) is 0 Å². The monoisotopic (exact) mass is 238 g/mol. The Labute approximate surface area is 101 Å². The molecule has 2 heterocycles. The van der Waals surface area contributed by atoms with Crippen molar-refractivity contribution in [1.29, 1.82) is 0 Å². The lowest BCUT2D eigenvalue weighted by molar-refractivity contribution is 0.0649. The zero-order chi connectivity index (χ0) is 11.5. The smallest absolute Gasteiger partial charge is 0.263 e. The predicted molar refractivity (Wildman–Crippen MR) is 66.9 cm³/mol. The normalized spacial score (nSPS) is 22.0. The maximum atomic E-state index is 12.1. The molecular weight excluding hydrogens is 220 g/mol. The van der Waals surface area contributed by atoms with Crippen molar-refractivity contribution in [1.82, 2.24) is 9.80 Å². The Kier molecular flexibility index (Phi) is 3.61. The third-order valence-electron chi connectivity index (χ3n) is 3.20. The molecule has 0 bridgehead atoms. The lowest BCUT2D eigenvalue weighted by atomic mass is 10.1. The fourth-order valence-corrected chi connectivity index (χ4v) is 2.90. The van der Waals surface area contributed by atoms with Crippen LogP contribution in [0.2, 0.25) is 0 Å². The minimum atomic E-state index is 0.162. The van der Waals surface area contributed by atoms with Crippen molar-refractivity contribution in [2.75, 3.05) is 27.2 Å². The van der Waals surface area contributed by atoms with E-state index in [1.807, 2.05) is 29.5 Å². The van der Waals surface area contributed by atoms with Gasteiger partial charge in [0, 0.05) is 19.6 Å². The standard InChI is InChI=1S/C12H18N2OS/c1-13-7-3-5-10(9-13)14(2)12(15)11-6-4-8-16-11/h4,6,8,10H,3,5,7,9H2,1-2H3. The summed E-state index contributed by atoms with van der Waals surface area (Å²) in [6, 6.07) is 4.20. The first kappa shape index (κ1) is 11.6. The van der Waals surface area contributed by atoms with Crippen LogP contribution < -0.4 is 0 Å². The molecule has 1 aliphatic rings. The first-order valence-electron chi connectivity index (χ1n) is 5.67. The number of carbonyl (C=O) groups excluding carboxylic acids is 1. The molecule has 0 aliphatic carbocycles. The molecule has 1 fully saturated rings. The fraction of sp³-hybridized carbons (Fsp3) is 0.583. The van der Waals surface area contributed by atoms with E-state index in [0.29, 0.717) is 6.04 Å². The van der Waals surface area contributed by atoms with Gasteiger partial charge in [0.15, 0.2) is 0 Å². The third-order valence-corrected chi connectivity index (χ3v) is 4.06. The van der Waals surface area contributed by atoms with Gasteiger partial charge < -0.3 is 9.80 Å². The molecule has 0 radical (unpaired) electrons. The van der Waals surface area contributed by atoms with Gasteiger partial charge in [0.25, 0.3) is 5.91 Å². The molecule has 88 valence electrons. The minimum Gasteiger partial charge on any atom is -0.337 e. The molecule has 2 rings (SSSR count). The average molecular weight is 238 g/mol. The Bertz CT molecular complexity index is 350. The van der Waals surface area contributed by atoms with Crippen LogP contribution in [0.5, 0.6) is 0 Å². The summed E-state index contributed by atoms with van der Waals surface area (Å²) in [5, 5.41) is 1.95. The summed E-state index contributed by atoms with van der Waals surface area (Å²) < 4.78 is 0. The van der Waals surface area contributed by atoms with Crippen LogP contribution in [0.4, 0.5) is 0 Å². The molecule has 1 saturated heterocycles. The summed E-state index contributed by atoms with van der Waals surface area (Å²) in [6.45, 7) is 2.14.